The number of amides is 1. The summed E-state index contributed by atoms with van der Waals surface area (Å²) in [5.74, 6) is -0.931. The molecule has 2 aromatic rings. The fourth-order valence-corrected chi connectivity index (χ4v) is 3.12. The van der Waals surface area contributed by atoms with E-state index < -0.39 is 5.97 Å². The van der Waals surface area contributed by atoms with Gasteiger partial charge in [-0.1, -0.05) is 13.0 Å². The van der Waals surface area contributed by atoms with Gasteiger partial charge in [0.1, 0.15) is 0 Å². The highest BCUT2D eigenvalue weighted by molar-refractivity contribution is 7.09. The number of carboxylic acid groups (broad SMARTS) is 1. The number of hydrogen-bond acceptors (Lipinski definition) is 3. The van der Waals surface area contributed by atoms with Crippen LogP contribution in [0.5, 0.6) is 0 Å². The molecule has 2 rings (SSSR count). The molecule has 2 N–H and O–H groups in total. The van der Waals surface area contributed by atoms with Gasteiger partial charge < -0.3 is 10.4 Å². The molecule has 1 aromatic heterocycles. The average molecular weight is 317 g/mol. The highest BCUT2D eigenvalue weighted by Crippen LogP contribution is 2.14. The van der Waals surface area contributed by atoms with Gasteiger partial charge in [0.2, 0.25) is 0 Å². The molecule has 0 aliphatic heterocycles. The van der Waals surface area contributed by atoms with Gasteiger partial charge in [-0.25, -0.2) is 4.79 Å². The maximum absolute atomic E-state index is 12.2. The summed E-state index contributed by atoms with van der Waals surface area (Å²) < 4.78 is 0. The number of benzene rings is 1. The van der Waals surface area contributed by atoms with Crippen LogP contribution in [0.15, 0.2) is 35.7 Å². The third-order valence-electron chi connectivity index (χ3n) is 3.33. The van der Waals surface area contributed by atoms with Gasteiger partial charge in [-0.15, -0.1) is 11.3 Å². The second-order valence-electron chi connectivity index (χ2n) is 5.49. The molecular formula is C17H19NO3S. The minimum atomic E-state index is -1.02. The molecule has 0 aliphatic rings. The Bertz CT molecular complexity index is 665. The first kappa shape index (κ1) is 16.2. The van der Waals surface area contributed by atoms with E-state index in [1.807, 2.05) is 11.4 Å². The summed E-state index contributed by atoms with van der Waals surface area (Å²) >= 11 is 1.71. The Kier molecular flexibility index (Phi) is 5.33. The van der Waals surface area contributed by atoms with Gasteiger partial charge in [0.05, 0.1) is 5.56 Å². The fraction of sp³-hybridized carbons (Fsp3) is 0.294. The first-order valence-corrected chi connectivity index (χ1v) is 7.99. The maximum Gasteiger partial charge on any atom is 0.335 e. The topological polar surface area (TPSA) is 66.4 Å². The van der Waals surface area contributed by atoms with Gasteiger partial charge in [0, 0.05) is 17.0 Å². The molecule has 1 heterocycles. The molecule has 0 bridgehead atoms. The van der Waals surface area contributed by atoms with Gasteiger partial charge in [-0.05, 0) is 54.5 Å². The van der Waals surface area contributed by atoms with E-state index in [1.54, 1.807) is 30.4 Å². The quantitative estimate of drug-likeness (QED) is 0.858. The van der Waals surface area contributed by atoms with Crippen molar-refractivity contribution in [3.05, 3.63) is 57.3 Å². The number of hydrogen-bond donors (Lipinski definition) is 2. The van der Waals surface area contributed by atoms with E-state index >= 15 is 0 Å². The highest BCUT2D eigenvalue weighted by Gasteiger charge is 2.12. The van der Waals surface area contributed by atoms with E-state index in [0.717, 1.165) is 12.0 Å². The lowest BCUT2D eigenvalue weighted by Crippen LogP contribution is -2.29. The van der Waals surface area contributed by atoms with Crippen molar-refractivity contribution in [3.63, 3.8) is 0 Å². The molecule has 0 saturated carbocycles. The Morgan fingerprint density at radius 1 is 1.27 bits per heavy atom. The van der Waals surface area contributed by atoms with Gasteiger partial charge in [-0.3, -0.25) is 4.79 Å². The number of aromatic carboxylic acids is 1. The Hall–Kier alpha value is -2.14. The molecule has 1 atom stereocenters. The predicted octanol–water partition coefficient (Wildman–Crippen LogP) is 3.36. The number of carbonyl (C=O) groups excluding carboxylic acids is 1. The van der Waals surface area contributed by atoms with Crippen molar-refractivity contribution in [3.8, 4) is 0 Å². The van der Waals surface area contributed by atoms with Crippen LogP contribution in [-0.2, 0) is 6.42 Å². The molecule has 4 nitrogen and oxygen atoms in total. The van der Waals surface area contributed by atoms with Crippen molar-refractivity contribution in [2.75, 3.05) is 6.54 Å². The summed E-state index contributed by atoms with van der Waals surface area (Å²) in [5.41, 5.74) is 1.29. The molecule has 5 heteroatoms. The molecule has 0 aliphatic carbocycles. The van der Waals surface area contributed by atoms with E-state index in [4.69, 9.17) is 5.11 Å². The minimum absolute atomic E-state index is 0.136. The molecular weight excluding hydrogens is 298 g/mol. The maximum atomic E-state index is 12.2. The van der Waals surface area contributed by atoms with E-state index in [9.17, 15) is 9.59 Å². The third-order valence-corrected chi connectivity index (χ3v) is 4.23. The number of rotatable bonds is 6. The standard InChI is InChI=1S/C17H19NO3S/c1-11-6-13(9-14(7-11)17(20)21)16(19)18-10-12(2)8-15-4-3-5-22-15/h3-7,9,12H,8,10H2,1-2H3,(H,18,19)(H,20,21). The molecule has 0 spiro atoms. The predicted molar refractivity (Wildman–Crippen MR) is 87.7 cm³/mol. The average Bonchev–Trinajstić information content (AvgIpc) is 2.96. The van der Waals surface area contributed by atoms with Crippen LogP contribution >= 0.6 is 11.3 Å². The number of thiophene rings is 1. The highest BCUT2D eigenvalue weighted by atomic mass is 32.1. The van der Waals surface area contributed by atoms with E-state index in [0.29, 0.717) is 18.0 Å². The summed E-state index contributed by atoms with van der Waals surface area (Å²) in [4.78, 5) is 24.5. The number of carbonyl (C=O) groups is 2. The molecule has 1 unspecified atom stereocenters. The Balaban J connectivity index is 1.96. The van der Waals surface area contributed by atoms with E-state index in [2.05, 4.69) is 18.3 Å². The van der Waals surface area contributed by atoms with Crippen LogP contribution in [0.3, 0.4) is 0 Å². The van der Waals surface area contributed by atoms with E-state index in [1.165, 1.54) is 10.9 Å². The first-order chi connectivity index (χ1) is 10.5. The molecule has 1 amide bonds. The summed E-state index contributed by atoms with van der Waals surface area (Å²) in [5, 5.41) is 14.0. The zero-order chi connectivity index (χ0) is 16.1. The monoisotopic (exact) mass is 317 g/mol. The van der Waals surface area contributed by atoms with Crippen LogP contribution in [0.25, 0.3) is 0 Å². The summed E-state index contributed by atoms with van der Waals surface area (Å²) in [7, 11) is 0. The molecule has 22 heavy (non-hydrogen) atoms. The second-order valence-corrected chi connectivity index (χ2v) is 6.52. The van der Waals surface area contributed by atoms with Crippen LogP contribution in [0.1, 0.15) is 38.1 Å². The normalized spacial score (nSPS) is 11.9. The van der Waals surface area contributed by atoms with Crippen LogP contribution in [0.2, 0.25) is 0 Å². The van der Waals surface area contributed by atoms with Crippen molar-refractivity contribution < 1.29 is 14.7 Å². The van der Waals surface area contributed by atoms with Crippen LogP contribution < -0.4 is 5.32 Å². The van der Waals surface area contributed by atoms with Crippen molar-refractivity contribution in [2.45, 2.75) is 20.3 Å². The Labute approximate surface area is 133 Å². The lowest BCUT2D eigenvalue weighted by molar-refractivity contribution is 0.0696. The largest absolute Gasteiger partial charge is 0.478 e. The smallest absolute Gasteiger partial charge is 0.335 e. The van der Waals surface area contributed by atoms with Crippen molar-refractivity contribution >= 4 is 23.2 Å². The van der Waals surface area contributed by atoms with E-state index in [-0.39, 0.29) is 11.5 Å². The second kappa shape index (κ2) is 7.22. The SMILES string of the molecule is Cc1cc(C(=O)O)cc(C(=O)NCC(C)Cc2cccs2)c1. The van der Waals surface area contributed by atoms with Gasteiger partial charge in [0.25, 0.3) is 5.91 Å². The lowest BCUT2D eigenvalue weighted by atomic mass is 10.0. The van der Waals surface area contributed by atoms with Crippen molar-refractivity contribution in [1.29, 1.82) is 0 Å². The number of carboxylic acids is 1. The zero-order valence-electron chi connectivity index (χ0n) is 12.6. The van der Waals surface area contributed by atoms with Gasteiger partial charge >= 0.3 is 5.97 Å². The van der Waals surface area contributed by atoms with Gasteiger partial charge in [0.15, 0.2) is 0 Å². The van der Waals surface area contributed by atoms with Crippen LogP contribution in [0.4, 0.5) is 0 Å². The summed E-state index contributed by atoms with van der Waals surface area (Å²) in [6.07, 6.45) is 0.923. The minimum Gasteiger partial charge on any atom is -0.478 e. The molecule has 0 radical (unpaired) electrons. The molecule has 0 fully saturated rings. The van der Waals surface area contributed by atoms with Gasteiger partial charge in [-0.2, -0.15) is 0 Å². The fourth-order valence-electron chi connectivity index (χ4n) is 2.25. The third kappa shape index (κ3) is 4.43. The van der Waals surface area contributed by atoms with Crippen molar-refractivity contribution in [2.24, 2.45) is 5.92 Å². The zero-order valence-corrected chi connectivity index (χ0v) is 13.4. The van der Waals surface area contributed by atoms with Crippen LogP contribution in [-0.4, -0.2) is 23.5 Å². The number of nitrogens with one attached hydrogen (secondary N) is 1. The lowest BCUT2D eigenvalue weighted by Gasteiger charge is -2.12. The number of aryl methyl sites for hydroxylation is 1. The van der Waals surface area contributed by atoms with Crippen molar-refractivity contribution in [1.82, 2.24) is 5.32 Å². The molecule has 1 aromatic carbocycles. The molecule has 116 valence electrons. The summed E-state index contributed by atoms with van der Waals surface area (Å²) in [6.45, 7) is 4.43. The summed E-state index contributed by atoms with van der Waals surface area (Å²) in [6, 6.07) is 8.77. The molecule has 0 saturated heterocycles. The first-order valence-electron chi connectivity index (χ1n) is 7.11. The van der Waals surface area contributed by atoms with Crippen LogP contribution in [0, 0.1) is 12.8 Å². The Morgan fingerprint density at radius 2 is 2.00 bits per heavy atom. The Morgan fingerprint density at radius 3 is 2.64 bits per heavy atom.